The van der Waals surface area contributed by atoms with Crippen molar-refractivity contribution in [1.29, 1.82) is 10.8 Å². The Hall–Kier alpha value is -0.190. The Bertz CT molecular complexity index is 183. The molecule has 0 atom stereocenters. The predicted molar refractivity (Wildman–Crippen MR) is 58.1 cm³/mol. The van der Waals surface area contributed by atoms with Crippen LogP contribution < -0.4 is 0 Å². The van der Waals surface area contributed by atoms with Crippen LogP contribution in [0.1, 0.15) is 20.3 Å². The van der Waals surface area contributed by atoms with Gasteiger partial charge in [-0.2, -0.15) is 0 Å². The van der Waals surface area contributed by atoms with Crippen LogP contribution in [0.4, 0.5) is 0 Å². The fourth-order valence-electron chi connectivity index (χ4n) is 0.758. The summed E-state index contributed by atoms with van der Waals surface area (Å²) >= 11 is 2.09. The van der Waals surface area contributed by atoms with Gasteiger partial charge < -0.3 is 10.8 Å². The first-order valence-electron chi connectivity index (χ1n) is 3.51. The Kier molecular flexibility index (Phi) is 5.36. The lowest BCUT2D eigenvalue weighted by molar-refractivity contribution is 0.655. The zero-order valence-electron chi connectivity index (χ0n) is 6.82. The molecule has 0 aliphatic heterocycles. The summed E-state index contributed by atoms with van der Waals surface area (Å²) < 4.78 is 0.867. The Morgan fingerprint density at radius 3 is 2.18 bits per heavy atom. The van der Waals surface area contributed by atoms with Gasteiger partial charge in [0.2, 0.25) is 0 Å². The van der Waals surface area contributed by atoms with E-state index in [1.807, 2.05) is 0 Å². The Labute approximate surface area is 81.2 Å². The number of hydrogen-bond donors (Lipinski definition) is 2. The SMILES string of the molecule is CC(C)C/C(C=N)=C(\I)C=N. The van der Waals surface area contributed by atoms with Gasteiger partial charge in [0.15, 0.2) is 0 Å². The number of hydrogen-bond acceptors (Lipinski definition) is 2. The summed E-state index contributed by atoms with van der Waals surface area (Å²) in [5.74, 6) is 0.552. The second kappa shape index (κ2) is 5.46. The average Bonchev–Trinajstić information content (AvgIpc) is 1.98. The molecule has 0 rings (SSSR count). The summed E-state index contributed by atoms with van der Waals surface area (Å²) in [7, 11) is 0. The summed E-state index contributed by atoms with van der Waals surface area (Å²) in [5.41, 5.74) is 0.954. The molecule has 0 fully saturated rings. The highest BCUT2D eigenvalue weighted by Gasteiger charge is 2.01. The minimum absolute atomic E-state index is 0.552. The third kappa shape index (κ3) is 4.29. The highest BCUT2D eigenvalue weighted by molar-refractivity contribution is 14.1. The number of halogens is 1. The lowest BCUT2D eigenvalue weighted by atomic mass is 10.0. The lowest BCUT2D eigenvalue weighted by Gasteiger charge is -2.05. The number of nitrogens with one attached hydrogen (secondary N) is 2. The van der Waals surface area contributed by atoms with Gasteiger partial charge in [0.05, 0.1) is 0 Å². The third-order valence-corrected chi connectivity index (χ3v) is 2.24. The van der Waals surface area contributed by atoms with Crippen molar-refractivity contribution in [3.63, 3.8) is 0 Å². The first kappa shape index (κ1) is 10.8. The minimum Gasteiger partial charge on any atom is -0.308 e. The van der Waals surface area contributed by atoms with Gasteiger partial charge in [-0.15, -0.1) is 0 Å². The molecule has 2 nitrogen and oxygen atoms in total. The van der Waals surface area contributed by atoms with Gasteiger partial charge >= 0.3 is 0 Å². The molecule has 0 heterocycles. The van der Waals surface area contributed by atoms with Crippen molar-refractivity contribution in [2.45, 2.75) is 20.3 Å². The Morgan fingerprint density at radius 1 is 1.36 bits per heavy atom. The monoisotopic (exact) mass is 264 g/mol. The largest absolute Gasteiger partial charge is 0.308 e. The molecule has 0 unspecified atom stereocenters. The molecular weight excluding hydrogens is 251 g/mol. The molecule has 0 saturated carbocycles. The zero-order chi connectivity index (χ0) is 8.85. The quantitative estimate of drug-likeness (QED) is 0.579. The maximum atomic E-state index is 7.10. The maximum absolute atomic E-state index is 7.10. The highest BCUT2D eigenvalue weighted by Crippen LogP contribution is 2.16. The summed E-state index contributed by atoms with van der Waals surface area (Å²) in [6.45, 7) is 4.22. The first-order chi connectivity index (χ1) is 5.11. The van der Waals surface area contributed by atoms with E-state index in [1.54, 1.807) is 0 Å². The molecular formula is C8H13IN2. The molecule has 0 bridgehead atoms. The third-order valence-electron chi connectivity index (χ3n) is 1.24. The van der Waals surface area contributed by atoms with Gasteiger partial charge in [0.1, 0.15) is 0 Å². The Morgan fingerprint density at radius 2 is 1.91 bits per heavy atom. The van der Waals surface area contributed by atoms with Crippen LogP contribution in [-0.4, -0.2) is 12.4 Å². The summed E-state index contributed by atoms with van der Waals surface area (Å²) in [6, 6.07) is 0. The summed E-state index contributed by atoms with van der Waals surface area (Å²) in [5, 5.41) is 14.1. The number of allylic oxidation sites excluding steroid dienone is 2. The van der Waals surface area contributed by atoms with Crippen LogP contribution in [0.3, 0.4) is 0 Å². The zero-order valence-corrected chi connectivity index (χ0v) is 8.97. The van der Waals surface area contributed by atoms with Gasteiger partial charge in [-0.3, -0.25) is 0 Å². The van der Waals surface area contributed by atoms with Crippen molar-refractivity contribution >= 4 is 35.0 Å². The van der Waals surface area contributed by atoms with Crippen molar-refractivity contribution in [3.8, 4) is 0 Å². The van der Waals surface area contributed by atoms with E-state index in [0.29, 0.717) is 5.92 Å². The average molecular weight is 264 g/mol. The molecule has 2 N–H and O–H groups in total. The topological polar surface area (TPSA) is 47.7 Å². The molecule has 11 heavy (non-hydrogen) atoms. The predicted octanol–water partition coefficient (Wildman–Crippen LogP) is 3.02. The second-order valence-electron chi connectivity index (χ2n) is 2.76. The van der Waals surface area contributed by atoms with E-state index in [0.717, 1.165) is 15.6 Å². The van der Waals surface area contributed by atoms with Gasteiger partial charge in [0, 0.05) is 16.0 Å². The van der Waals surface area contributed by atoms with Crippen molar-refractivity contribution < 1.29 is 0 Å². The molecule has 62 valence electrons. The normalized spacial score (nSPS) is 12.7. The fourth-order valence-corrected chi connectivity index (χ4v) is 1.13. The van der Waals surface area contributed by atoms with Crippen LogP contribution in [0.5, 0.6) is 0 Å². The highest BCUT2D eigenvalue weighted by atomic mass is 127. The molecule has 0 radical (unpaired) electrons. The van der Waals surface area contributed by atoms with Crippen molar-refractivity contribution in [1.82, 2.24) is 0 Å². The summed E-state index contributed by atoms with van der Waals surface area (Å²) in [4.78, 5) is 0. The van der Waals surface area contributed by atoms with Crippen LogP contribution in [0.25, 0.3) is 0 Å². The van der Waals surface area contributed by atoms with Crippen LogP contribution in [-0.2, 0) is 0 Å². The van der Waals surface area contributed by atoms with Crippen LogP contribution >= 0.6 is 22.6 Å². The van der Waals surface area contributed by atoms with Crippen LogP contribution in [0.15, 0.2) is 9.15 Å². The maximum Gasteiger partial charge on any atom is 0.0353 e. The van der Waals surface area contributed by atoms with Gasteiger partial charge in [-0.05, 0) is 40.5 Å². The minimum atomic E-state index is 0.552. The standard InChI is InChI=1S/C8H13IN2/c1-6(2)3-7(4-10)8(9)5-11/h4-6,10-11H,3H2,1-2H3/b8-7+,10-4?,11-5?. The van der Waals surface area contributed by atoms with E-state index in [9.17, 15) is 0 Å². The molecule has 0 aromatic heterocycles. The lowest BCUT2D eigenvalue weighted by Crippen LogP contribution is -1.95. The molecule has 0 saturated heterocycles. The van der Waals surface area contributed by atoms with Gasteiger partial charge in [0.25, 0.3) is 0 Å². The molecule has 3 heteroatoms. The summed E-state index contributed by atoms with van der Waals surface area (Å²) in [6.07, 6.45) is 3.52. The molecule has 0 aromatic carbocycles. The number of rotatable bonds is 4. The Balaban J connectivity index is 4.38. The van der Waals surface area contributed by atoms with E-state index < -0.39 is 0 Å². The van der Waals surface area contributed by atoms with Gasteiger partial charge in [-0.1, -0.05) is 13.8 Å². The van der Waals surface area contributed by atoms with E-state index in [1.165, 1.54) is 12.4 Å². The smallest absolute Gasteiger partial charge is 0.0353 e. The molecule has 0 spiro atoms. The molecule has 0 aliphatic carbocycles. The van der Waals surface area contributed by atoms with Gasteiger partial charge in [-0.25, -0.2) is 0 Å². The fraction of sp³-hybridized carbons (Fsp3) is 0.500. The van der Waals surface area contributed by atoms with Crippen LogP contribution in [0.2, 0.25) is 0 Å². The molecule has 0 aliphatic rings. The van der Waals surface area contributed by atoms with E-state index in [-0.39, 0.29) is 0 Å². The van der Waals surface area contributed by atoms with Crippen molar-refractivity contribution in [2.24, 2.45) is 5.92 Å². The molecule has 0 amide bonds. The molecule has 0 aromatic rings. The van der Waals surface area contributed by atoms with Crippen molar-refractivity contribution in [2.75, 3.05) is 0 Å². The second-order valence-corrected chi connectivity index (χ2v) is 3.92. The van der Waals surface area contributed by atoms with Crippen molar-refractivity contribution in [3.05, 3.63) is 9.15 Å². The first-order valence-corrected chi connectivity index (χ1v) is 4.59. The van der Waals surface area contributed by atoms with E-state index in [4.69, 9.17) is 10.8 Å². The van der Waals surface area contributed by atoms with Crippen LogP contribution in [0, 0.1) is 16.7 Å². The van der Waals surface area contributed by atoms with E-state index >= 15 is 0 Å². The van der Waals surface area contributed by atoms with E-state index in [2.05, 4.69) is 36.4 Å².